The maximum Gasteiger partial charge on any atom is 0.257 e. The van der Waals surface area contributed by atoms with E-state index in [-0.39, 0.29) is 42.5 Å². The molecule has 0 bridgehead atoms. The molecule has 42 heavy (non-hydrogen) atoms. The fraction of sp³-hybridized carbons (Fsp3) is 0.536. The molecule has 0 radical (unpaired) electrons. The summed E-state index contributed by atoms with van der Waals surface area (Å²) < 4.78 is 25.1. The minimum absolute atomic E-state index is 0.0729. The summed E-state index contributed by atoms with van der Waals surface area (Å²) in [6.45, 7) is 5.80. The van der Waals surface area contributed by atoms with Crippen LogP contribution in [0, 0.1) is 5.82 Å². The molecule has 3 aromatic rings. The minimum Gasteiger partial charge on any atom is -0.487 e. The number of nitrogens with zero attached hydrogens (tertiary/aromatic N) is 6. The van der Waals surface area contributed by atoms with Crippen LogP contribution in [0.2, 0.25) is 0 Å². The third kappa shape index (κ3) is 6.23. The van der Waals surface area contributed by atoms with Crippen LogP contribution < -0.4 is 25.9 Å². The van der Waals surface area contributed by atoms with E-state index in [4.69, 9.17) is 9.94 Å². The normalized spacial score (nSPS) is 16.9. The van der Waals surface area contributed by atoms with Crippen molar-refractivity contribution in [2.45, 2.75) is 58.2 Å². The van der Waals surface area contributed by atoms with E-state index < -0.39 is 17.2 Å². The number of aromatic nitrogens is 4. The van der Waals surface area contributed by atoms with Crippen molar-refractivity contribution >= 4 is 28.4 Å². The summed E-state index contributed by atoms with van der Waals surface area (Å²) in [7, 11) is 2.03. The first-order valence-electron chi connectivity index (χ1n) is 14.3. The number of amides is 2. The van der Waals surface area contributed by atoms with Gasteiger partial charge in [-0.25, -0.2) is 9.87 Å². The molecule has 0 aliphatic carbocycles. The molecule has 4 heterocycles. The lowest BCUT2D eigenvalue weighted by Crippen LogP contribution is -2.45. The number of benzene rings is 1. The number of carbonyl (C=O) groups is 2. The van der Waals surface area contributed by atoms with Crippen LogP contribution >= 0.6 is 0 Å². The van der Waals surface area contributed by atoms with Gasteiger partial charge in [-0.15, -0.1) is 5.10 Å². The van der Waals surface area contributed by atoms with E-state index in [0.29, 0.717) is 48.7 Å². The smallest absolute Gasteiger partial charge is 0.257 e. The topological polar surface area (TPSA) is 147 Å². The van der Waals surface area contributed by atoms with Gasteiger partial charge in [-0.1, -0.05) is 18.1 Å². The van der Waals surface area contributed by atoms with Gasteiger partial charge in [-0.3, -0.25) is 24.3 Å². The van der Waals surface area contributed by atoms with Crippen LogP contribution in [0.25, 0.3) is 10.9 Å². The Morgan fingerprint density at radius 3 is 2.67 bits per heavy atom. The minimum atomic E-state index is -0.573. The SMILES string of the molecule is C[C@H]1COc2c(N3CCN(C)CC3)c(F)cc3c(=O)c(C(=O)NCc4cn(CCCCCCC(=O)NO)nn4)cn1c23. The molecule has 1 atom stereocenters. The molecule has 1 saturated heterocycles. The average Bonchev–Trinajstić information content (AvgIpc) is 3.44. The molecule has 14 heteroatoms. The van der Waals surface area contributed by atoms with Crippen molar-refractivity contribution in [3.8, 4) is 5.75 Å². The van der Waals surface area contributed by atoms with Crippen molar-refractivity contribution in [1.29, 1.82) is 0 Å². The number of rotatable bonds is 11. The summed E-state index contributed by atoms with van der Waals surface area (Å²) in [6.07, 6.45) is 6.83. The molecule has 5 rings (SSSR count). The molecular weight excluding hydrogens is 547 g/mol. The highest BCUT2D eigenvalue weighted by Gasteiger charge is 2.31. The van der Waals surface area contributed by atoms with E-state index in [2.05, 4.69) is 20.5 Å². The van der Waals surface area contributed by atoms with Gasteiger partial charge in [0.15, 0.2) is 11.6 Å². The maximum absolute atomic E-state index is 15.6. The van der Waals surface area contributed by atoms with E-state index >= 15 is 4.39 Å². The molecule has 0 spiro atoms. The molecule has 0 saturated carbocycles. The first kappa shape index (κ1) is 29.5. The third-order valence-electron chi connectivity index (χ3n) is 7.89. The predicted octanol–water partition coefficient (Wildman–Crippen LogP) is 1.82. The average molecular weight is 585 g/mol. The van der Waals surface area contributed by atoms with E-state index in [1.807, 2.05) is 23.4 Å². The van der Waals surface area contributed by atoms with Crippen LogP contribution in [0.15, 0.2) is 23.3 Å². The highest BCUT2D eigenvalue weighted by molar-refractivity contribution is 6.00. The second kappa shape index (κ2) is 12.9. The van der Waals surface area contributed by atoms with Crippen LogP contribution in [-0.4, -0.2) is 81.3 Å². The van der Waals surface area contributed by atoms with Crippen LogP contribution in [0.4, 0.5) is 10.1 Å². The number of halogens is 1. The number of pyridine rings is 1. The molecule has 0 unspecified atom stereocenters. The summed E-state index contributed by atoms with van der Waals surface area (Å²) in [5, 5.41) is 19.6. The number of anilines is 1. The molecular formula is C28H37FN8O5. The Hall–Kier alpha value is -4.04. The number of hydrogen-bond donors (Lipinski definition) is 3. The first-order chi connectivity index (χ1) is 20.3. The third-order valence-corrected chi connectivity index (χ3v) is 7.89. The summed E-state index contributed by atoms with van der Waals surface area (Å²) in [5.41, 5.74) is 2.40. The second-order valence-corrected chi connectivity index (χ2v) is 11.0. The quantitative estimate of drug-likeness (QED) is 0.174. The summed E-state index contributed by atoms with van der Waals surface area (Å²) >= 11 is 0. The summed E-state index contributed by atoms with van der Waals surface area (Å²) in [4.78, 5) is 41.8. The number of carbonyl (C=O) groups excluding carboxylic acids is 2. The van der Waals surface area contributed by atoms with Gasteiger partial charge >= 0.3 is 0 Å². The highest BCUT2D eigenvalue weighted by Crippen LogP contribution is 2.42. The van der Waals surface area contributed by atoms with Gasteiger partial charge in [-0.05, 0) is 32.9 Å². The maximum atomic E-state index is 15.6. The number of nitrogens with one attached hydrogen (secondary N) is 2. The molecule has 2 aliphatic rings. The van der Waals surface area contributed by atoms with E-state index in [0.717, 1.165) is 32.4 Å². The zero-order valence-corrected chi connectivity index (χ0v) is 23.9. The Balaban J connectivity index is 1.27. The van der Waals surface area contributed by atoms with Crippen LogP contribution in [-0.2, 0) is 17.9 Å². The van der Waals surface area contributed by atoms with Crippen molar-refractivity contribution < 1.29 is 23.9 Å². The monoisotopic (exact) mass is 584 g/mol. The van der Waals surface area contributed by atoms with Crippen molar-refractivity contribution in [3.05, 3.63) is 45.8 Å². The second-order valence-electron chi connectivity index (χ2n) is 11.0. The van der Waals surface area contributed by atoms with Crippen molar-refractivity contribution in [1.82, 2.24) is 35.3 Å². The van der Waals surface area contributed by atoms with Gasteiger partial charge in [0.25, 0.3) is 5.91 Å². The Bertz CT molecular complexity index is 1510. The lowest BCUT2D eigenvalue weighted by atomic mass is 10.0. The Morgan fingerprint density at radius 1 is 1.14 bits per heavy atom. The molecule has 1 aromatic carbocycles. The number of aryl methyl sites for hydroxylation is 1. The number of ether oxygens (including phenoxy) is 1. The number of hydrogen-bond acceptors (Lipinski definition) is 9. The van der Waals surface area contributed by atoms with E-state index in [1.54, 1.807) is 22.6 Å². The fourth-order valence-corrected chi connectivity index (χ4v) is 5.46. The van der Waals surface area contributed by atoms with Gasteiger partial charge in [0.05, 0.1) is 29.7 Å². The zero-order valence-electron chi connectivity index (χ0n) is 23.9. The Kier molecular flexibility index (Phi) is 9.02. The molecule has 3 N–H and O–H groups in total. The van der Waals surface area contributed by atoms with Gasteiger partial charge in [0, 0.05) is 45.3 Å². The van der Waals surface area contributed by atoms with Gasteiger partial charge in [0.1, 0.15) is 23.6 Å². The van der Waals surface area contributed by atoms with Crippen molar-refractivity contribution in [2.24, 2.45) is 0 Å². The van der Waals surface area contributed by atoms with Crippen LogP contribution in [0.1, 0.15) is 61.1 Å². The van der Waals surface area contributed by atoms with Gasteiger partial charge in [0.2, 0.25) is 11.3 Å². The standard InChI is InChI=1S/C28H37FN8O5/c1-18-17-42-27-24-20(13-22(29)25(27)35-11-9-34(2)10-12-35)26(39)21(16-37(18)24)28(40)30-14-19-15-36(33-31-19)8-6-4-3-5-7-23(38)32-41/h13,15-16,18,41H,3-12,14,17H2,1-2H3,(H,30,40)(H,32,38)/t18-/m0/s1. The van der Waals surface area contributed by atoms with E-state index in [1.165, 1.54) is 6.07 Å². The number of hydroxylamine groups is 1. The summed E-state index contributed by atoms with van der Waals surface area (Å²) in [5.74, 6) is -1.15. The highest BCUT2D eigenvalue weighted by atomic mass is 19.1. The molecule has 2 amide bonds. The number of likely N-dealkylation sites (N-methyl/N-ethyl adjacent to an activating group) is 1. The molecule has 226 valence electrons. The van der Waals surface area contributed by atoms with E-state index in [9.17, 15) is 14.4 Å². The summed E-state index contributed by atoms with van der Waals surface area (Å²) in [6, 6.07) is 1.07. The molecule has 1 fully saturated rings. The predicted molar refractivity (Wildman–Crippen MR) is 152 cm³/mol. The van der Waals surface area contributed by atoms with Gasteiger partial charge in [-0.2, -0.15) is 0 Å². The lowest BCUT2D eigenvalue weighted by Gasteiger charge is -2.37. The number of piperazine rings is 1. The molecule has 2 aliphatic heterocycles. The molecule has 2 aromatic heterocycles. The fourth-order valence-electron chi connectivity index (χ4n) is 5.46. The Morgan fingerprint density at radius 2 is 1.90 bits per heavy atom. The molecule has 13 nitrogen and oxygen atoms in total. The van der Waals surface area contributed by atoms with Gasteiger partial charge < -0.3 is 24.4 Å². The zero-order chi connectivity index (χ0) is 29.8. The van der Waals surface area contributed by atoms with Crippen LogP contribution in [0.5, 0.6) is 5.75 Å². The van der Waals surface area contributed by atoms with Crippen LogP contribution in [0.3, 0.4) is 0 Å². The Labute approximate surface area is 242 Å². The first-order valence-corrected chi connectivity index (χ1v) is 14.3. The van der Waals surface area contributed by atoms with Crippen molar-refractivity contribution in [2.75, 3.05) is 44.7 Å². The lowest BCUT2D eigenvalue weighted by molar-refractivity contribution is -0.129. The largest absolute Gasteiger partial charge is 0.487 e. The number of unbranched alkanes of at least 4 members (excludes halogenated alkanes) is 3. The van der Waals surface area contributed by atoms with Crippen molar-refractivity contribution in [3.63, 3.8) is 0 Å².